The molecule has 0 bridgehead atoms. The normalized spacial score (nSPS) is 21.1. The maximum absolute atomic E-state index is 12.0. The molecule has 0 spiro atoms. The molecular formula is C10H18O4S. The van der Waals surface area contributed by atoms with Crippen molar-refractivity contribution in [2.45, 2.75) is 55.9 Å². The van der Waals surface area contributed by atoms with Gasteiger partial charge in [0.2, 0.25) is 0 Å². The van der Waals surface area contributed by atoms with E-state index in [1.807, 2.05) is 0 Å². The summed E-state index contributed by atoms with van der Waals surface area (Å²) in [5, 5.41) is 7.23. The van der Waals surface area contributed by atoms with Gasteiger partial charge in [0, 0.05) is 0 Å². The van der Waals surface area contributed by atoms with Crippen molar-refractivity contribution < 1.29 is 18.3 Å². The quantitative estimate of drug-likeness (QED) is 0.802. The second-order valence-electron chi connectivity index (χ2n) is 4.08. The molecule has 15 heavy (non-hydrogen) atoms. The van der Waals surface area contributed by atoms with E-state index in [-0.39, 0.29) is 6.42 Å². The van der Waals surface area contributed by atoms with Crippen molar-refractivity contribution in [3.8, 4) is 0 Å². The van der Waals surface area contributed by atoms with Crippen molar-refractivity contribution in [1.82, 2.24) is 0 Å². The zero-order valence-corrected chi connectivity index (χ0v) is 9.79. The number of hydrogen-bond donors (Lipinski definition) is 1. The predicted molar refractivity (Wildman–Crippen MR) is 57.5 cm³/mol. The standard InChI is InChI=1S/C10H18O4S/c1-2-9(10(11)12)15(13,14)8-6-4-3-5-7-8/h8-9H,2-7H2,1H3,(H,11,12). The molecule has 0 radical (unpaired) electrons. The van der Waals surface area contributed by atoms with Crippen molar-refractivity contribution >= 4 is 15.8 Å². The van der Waals surface area contributed by atoms with E-state index in [9.17, 15) is 13.2 Å². The van der Waals surface area contributed by atoms with Crippen LogP contribution in [-0.4, -0.2) is 30.0 Å². The Hall–Kier alpha value is -0.580. The number of carboxylic acids is 1. The van der Waals surface area contributed by atoms with Gasteiger partial charge in [-0.2, -0.15) is 0 Å². The minimum atomic E-state index is -3.47. The van der Waals surface area contributed by atoms with Crippen LogP contribution in [0.3, 0.4) is 0 Å². The summed E-state index contributed by atoms with van der Waals surface area (Å²) in [6.07, 6.45) is 4.29. The monoisotopic (exact) mass is 234 g/mol. The molecular weight excluding hydrogens is 216 g/mol. The molecule has 1 saturated carbocycles. The molecule has 0 aromatic carbocycles. The molecule has 4 nitrogen and oxygen atoms in total. The molecule has 1 aliphatic carbocycles. The highest BCUT2D eigenvalue weighted by atomic mass is 32.2. The average Bonchev–Trinajstić information content (AvgIpc) is 2.19. The van der Waals surface area contributed by atoms with Gasteiger partial charge in [0.15, 0.2) is 15.1 Å². The Morgan fingerprint density at radius 3 is 2.27 bits per heavy atom. The molecule has 1 N–H and O–H groups in total. The molecule has 5 heteroatoms. The van der Waals surface area contributed by atoms with Crippen LogP contribution in [-0.2, 0) is 14.6 Å². The predicted octanol–water partition coefficient (Wildman–Crippen LogP) is 1.60. The lowest BCUT2D eigenvalue weighted by Gasteiger charge is -2.24. The lowest BCUT2D eigenvalue weighted by molar-refractivity contribution is -0.136. The Labute approximate surface area is 90.6 Å². The smallest absolute Gasteiger partial charge is 0.321 e. The van der Waals surface area contributed by atoms with Crippen molar-refractivity contribution in [2.24, 2.45) is 0 Å². The summed E-state index contributed by atoms with van der Waals surface area (Å²) in [4.78, 5) is 10.8. The van der Waals surface area contributed by atoms with Crippen LogP contribution in [0.15, 0.2) is 0 Å². The molecule has 0 aromatic heterocycles. The van der Waals surface area contributed by atoms with Crippen LogP contribution in [0.4, 0.5) is 0 Å². The Morgan fingerprint density at radius 1 is 1.33 bits per heavy atom. The fourth-order valence-corrected chi connectivity index (χ4v) is 4.37. The molecule has 1 unspecified atom stereocenters. The first-order valence-corrected chi connectivity index (χ1v) is 7.06. The summed E-state index contributed by atoms with van der Waals surface area (Å²) in [6.45, 7) is 1.61. The molecule has 0 aromatic rings. The first kappa shape index (κ1) is 12.5. The Bertz CT molecular complexity index is 314. The minimum Gasteiger partial charge on any atom is -0.480 e. The fraction of sp³-hybridized carbons (Fsp3) is 0.900. The van der Waals surface area contributed by atoms with Gasteiger partial charge in [0.1, 0.15) is 0 Å². The van der Waals surface area contributed by atoms with Gasteiger partial charge in [0.25, 0.3) is 0 Å². The van der Waals surface area contributed by atoms with Crippen LogP contribution in [0.25, 0.3) is 0 Å². The van der Waals surface area contributed by atoms with Crippen LogP contribution in [0.2, 0.25) is 0 Å². The number of rotatable bonds is 4. The summed E-state index contributed by atoms with van der Waals surface area (Å²) >= 11 is 0. The summed E-state index contributed by atoms with van der Waals surface area (Å²) < 4.78 is 24.0. The fourth-order valence-electron chi connectivity index (χ4n) is 2.17. The molecule has 0 saturated heterocycles. The summed E-state index contributed by atoms with van der Waals surface area (Å²) in [6, 6.07) is 0. The second-order valence-corrected chi connectivity index (χ2v) is 6.50. The Morgan fingerprint density at radius 2 is 1.87 bits per heavy atom. The van der Waals surface area contributed by atoms with Gasteiger partial charge in [-0.25, -0.2) is 8.42 Å². The first-order valence-electron chi connectivity index (χ1n) is 5.45. The topological polar surface area (TPSA) is 71.4 Å². The highest BCUT2D eigenvalue weighted by molar-refractivity contribution is 7.93. The lowest BCUT2D eigenvalue weighted by atomic mass is 10.0. The maximum Gasteiger partial charge on any atom is 0.321 e. The Kier molecular flexibility index (Phi) is 4.13. The molecule has 0 heterocycles. The van der Waals surface area contributed by atoms with Crippen LogP contribution in [0.5, 0.6) is 0 Å². The zero-order valence-electron chi connectivity index (χ0n) is 8.98. The maximum atomic E-state index is 12.0. The number of carboxylic acid groups (broad SMARTS) is 1. The van der Waals surface area contributed by atoms with Gasteiger partial charge in [-0.1, -0.05) is 26.2 Å². The van der Waals surface area contributed by atoms with E-state index in [1.54, 1.807) is 6.92 Å². The van der Waals surface area contributed by atoms with E-state index < -0.39 is 26.3 Å². The largest absolute Gasteiger partial charge is 0.480 e. The molecule has 88 valence electrons. The Balaban J connectivity index is 2.84. The van der Waals surface area contributed by atoms with Gasteiger partial charge in [0.05, 0.1) is 5.25 Å². The van der Waals surface area contributed by atoms with E-state index >= 15 is 0 Å². The van der Waals surface area contributed by atoms with Gasteiger partial charge < -0.3 is 5.11 Å². The molecule has 0 amide bonds. The van der Waals surface area contributed by atoms with E-state index in [4.69, 9.17) is 5.11 Å². The van der Waals surface area contributed by atoms with Crippen molar-refractivity contribution in [3.63, 3.8) is 0 Å². The van der Waals surface area contributed by atoms with Gasteiger partial charge in [-0.15, -0.1) is 0 Å². The van der Waals surface area contributed by atoms with Gasteiger partial charge in [-0.05, 0) is 19.3 Å². The van der Waals surface area contributed by atoms with Crippen molar-refractivity contribution in [3.05, 3.63) is 0 Å². The number of aliphatic carboxylic acids is 1. The van der Waals surface area contributed by atoms with E-state index in [0.29, 0.717) is 12.8 Å². The van der Waals surface area contributed by atoms with E-state index in [2.05, 4.69) is 0 Å². The first-order chi connectivity index (χ1) is 7.00. The lowest BCUT2D eigenvalue weighted by Crippen LogP contribution is -2.38. The summed E-state index contributed by atoms with van der Waals surface area (Å²) in [5.74, 6) is -1.21. The summed E-state index contributed by atoms with van der Waals surface area (Å²) in [5.41, 5.74) is 0. The van der Waals surface area contributed by atoms with Gasteiger partial charge >= 0.3 is 5.97 Å². The molecule has 1 aliphatic rings. The van der Waals surface area contributed by atoms with Crippen LogP contribution in [0, 0.1) is 0 Å². The highest BCUT2D eigenvalue weighted by Gasteiger charge is 2.37. The van der Waals surface area contributed by atoms with Crippen molar-refractivity contribution in [1.29, 1.82) is 0 Å². The third kappa shape index (κ3) is 2.71. The van der Waals surface area contributed by atoms with Crippen LogP contribution in [0.1, 0.15) is 45.4 Å². The number of hydrogen-bond acceptors (Lipinski definition) is 3. The zero-order chi connectivity index (χ0) is 11.5. The highest BCUT2D eigenvalue weighted by Crippen LogP contribution is 2.27. The SMILES string of the molecule is CCC(C(=O)O)S(=O)(=O)C1CCCCC1. The van der Waals surface area contributed by atoms with E-state index in [1.165, 1.54) is 0 Å². The average molecular weight is 234 g/mol. The number of carbonyl (C=O) groups is 1. The molecule has 1 rings (SSSR count). The van der Waals surface area contributed by atoms with Crippen LogP contribution >= 0.6 is 0 Å². The molecule has 1 fully saturated rings. The second kappa shape index (κ2) is 4.96. The van der Waals surface area contributed by atoms with E-state index in [0.717, 1.165) is 19.3 Å². The third-order valence-corrected chi connectivity index (χ3v) is 5.79. The molecule has 0 aliphatic heterocycles. The van der Waals surface area contributed by atoms with Crippen molar-refractivity contribution in [2.75, 3.05) is 0 Å². The van der Waals surface area contributed by atoms with Gasteiger partial charge in [-0.3, -0.25) is 4.79 Å². The summed E-state index contributed by atoms with van der Waals surface area (Å²) in [7, 11) is -3.47. The third-order valence-electron chi connectivity index (χ3n) is 3.06. The van der Waals surface area contributed by atoms with Crippen LogP contribution < -0.4 is 0 Å². The minimum absolute atomic E-state index is 0.161. The number of sulfone groups is 1. The molecule has 1 atom stereocenters.